The van der Waals surface area contributed by atoms with Gasteiger partial charge in [-0.05, 0) is 140 Å². The largest absolute Gasteiger partial charge is 0.460 e. The summed E-state index contributed by atoms with van der Waals surface area (Å²) < 4.78 is 13.3. The molecule has 3 aromatic heterocycles. The fraction of sp³-hybridized carbons (Fsp3) is 0.194. The van der Waals surface area contributed by atoms with E-state index >= 15 is 0 Å². The Morgan fingerprint density at radius 1 is 0.606 bits per heavy atom. The fourth-order valence-electron chi connectivity index (χ4n) is 12.4. The molecule has 66 heavy (non-hydrogen) atoms. The average Bonchev–Trinajstić information content (AvgIpc) is 4.21. The van der Waals surface area contributed by atoms with Gasteiger partial charge >= 0.3 is 0 Å². The lowest BCUT2D eigenvalue weighted by Gasteiger charge is -2.33. The van der Waals surface area contributed by atoms with E-state index in [4.69, 9.17) is 8.83 Å². The van der Waals surface area contributed by atoms with Gasteiger partial charge in [-0.15, -0.1) is 23.1 Å². The topological polar surface area (TPSA) is 26.3 Å². The minimum absolute atomic E-state index is 0.126. The third-order valence-corrected chi connectivity index (χ3v) is 18.8. The van der Waals surface area contributed by atoms with Crippen molar-refractivity contribution in [3.05, 3.63) is 208 Å². The molecule has 320 valence electrons. The molecule has 1 fully saturated rings. The molecular weight excluding hydrogens is 841 g/mol. The van der Waals surface area contributed by atoms with Crippen LogP contribution >= 0.6 is 23.1 Å². The molecule has 0 bridgehead atoms. The van der Waals surface area contributed by atoms with E-state index in [0.29, 0.717) is 23.0 Å². The van der Waals surface area contributed by atoms with Crippen LogP contribution in [0.3, 0.4) is 0 Å². The molecule has 6 aromatic carbocycles. The molecule has 4 aliphatic carbocycles. The highest BCUT2D eigenvalue weighted by Gasteiger charge is 2.52. The average molecular weight is 889 g/mol. The van der Waals surface area contributed by atoms with Crippen molar-refractivity contribution in [3.63, 3.8) is 0 Å². The van der Waals surface area contributed by atoms with Gasteiger partial charge in [-0.1, -0.05) is 143 Å². The van der Waals surface area contributed by atoms with E-state index in [0.717, 1.165) is 35.4 Å². The number of hydrogen-bond acceptors (Lipinski definition) is 4. The standard InChI is InChI=1S/C62H48O2S2/c1-61(2)49-29-37(35-11-7-5-8-12-35)15-19-41(49)43-31-47-45-27-39(17-21-53(45)63-55(47)33-51(43)61)57-23-25-59(65-57)60-26-24-58(66-60)40-18-22-54-46(28-40)48-32-44-42-20-16-38(36-13-9-6-10-14-36)30-50(42)62(3,4)52(44)34-56(48)64-54/h5-25,27-32,34,41,49,51,60H,26,33H2,1-4H3. The van der Waals surface area contributed by atoms with Crippen LogP contribution in [0, 0.1) is 23.2 Å². The molecule has 2 nitrogen and oxygen atoms in total. The van der Waals surface area contributed by atoms with Crippen molar-refractivity contribution in [1.82, 2.24) is 0 Å². The monoisotopic (exact) mass is 888 g/mol. The van der Waals surface area contributed by atoms with Crippen LogP contribution in [-0.4, -0.2) is 0 Å². The number of benzene rings is 6. The highest BCUT2D eigenvalue weighted by molar-refractivity contribution is 8.08. The van der Waals surface area contributed by atoms with E-state index in [9.17, 15) is 0 Å². The fourth-order valence-corrected chi connectivity index (χ4v) is 14.9. The van der Waals surface area contributed by atoms with Crippen LogP contribution in [0.25, 0.3) is 82.2 Å². The van der Waals surface area contributed by atoms with Crippen molar-refractivity contribution < 1.29 is 8.83 Å². The molecule has 1 aliphatic heterocycles. The van der Waals surface area contributed by atoms with E-state index < -0.39 is 0 Å². The molecule has 0 saturated heterocycles. The van der Waals surface area contributed by atoms with Crippen LogP contribution in [0.4, 0.5) is 0 Å². The molecule has 4 atom stereocenters. The van der Waals surface area contributed by atoms with Crippen molar-refractivity contribution in [2.75, 3.05) is 0 Å². The van der Waals surface area contributed by atoms with Crippen molar-refractivity contribution in [1.29, 1.82) is 0 Å². The van der Waals surface area contributed by atoms with Crippen molar-refractivity contribution in [2.24, 2.45) is 23.2 Å². The molecule has 0 amide bonds. The highest BCUT2D eigenvalue weighted by atomic mass is 32.2. The Bertz CT molecular complexity index is 3640. The van der Waals surface area contributed by atoms with Crippen molar-refractivity contribution in [2.45, 2.75) is 51.2 Å². The van der Waals surface area contributed by atoms with E-state index in [2.05, 4.69) is 198 Å². The minimum Gasteiger partial charge on any atom is -0.460 e. The molecule has 5 aliphatic rings. The maximum Gasteiger partial charge on any atom is 0.135 e. The van der Waals surface area contributed by atoms with E-state index in [1.807, 2.05) is 23.1 Å². The quantitative estimate of drug-likeness (QED) is 0.172. The molecule has 0 spiro atoms. The van der Waals surface area contributed by atoms with E-state index in [1.165, 1.54) is 92.0 Å². The third kappa shape index (κ3) is 5.74. The molecule has 14 rings (SSSR count). The van der Waals surface area contributed by atoms with Gasteiger partial charge in [0.2, 0.25) is 0 Å². The van der Waals surface area contributed by atoms with Gasteiger partial charge in [0, 0.05) is 59.4 Å². The number of furan rings is 2. The second-order valence-corrected chi connectivity index (χ2v) is 22.7. The van der Waals surface area contributed by atoms with Gasteiger partial charge in [-0.3, -0.25) is 0 Å². The van der Waals surface area contributed by atoms with E-state index in [1.54, 1.807) is 5.57 Å². The van der Waals surface area contributed by atoms with Crippen molar-refractivity contribution in [3.8, 4) is 32.7 Å². The van der Waals surface area contributed by atoms with Crippen LogP contribution in [-0.2, 0) is 11.8 Å². The summed E-state index contributed by atoms with van der Waals surface area (Å²) in [4.78, 5) is 4.09. The Labute approximate surface area is 394 Å². The lowest BCUT2D eigenvalue weighted by Crippen LogP contribution is -2.28. The van der Waals surface area contributed by atoms with Gasteiger partial charge in [-0.2, -0.15) is 0 Å². The molecule has 1 saturated carbocycles. The first-order valence-electron chi connectivity index (χ1n) is 23.6. The Balaban J connectivity index is 0.727. The van der Waals surface area contributed by atoms with Gasteiger partial charge in [-0.25, -0.2) is 0 Å². The Morgan fingerprint density at radius 3 is 2.17 bits per heavy atom. The molecule has 9 aromatic rings. The number of hydrogen-bond donors (Lipinski definition) is 0. The number of fused-ring (bicyclic) bond motifs is 12. The van der Waals surface area contributed by atoms with Gasteiger partial charge in [0.25, 0.3) is 0 Å². The predicted molar refractivity (Wildman–Crippen MR) is 279 cm³/mol. The van der Waals surface area contributed by atoms with Gasteiger partial charge in [0.1, 0.15) is 22.5 Å². The lowest BCUT2D eigenvalue weighted by molar-refractivity contribution is 0.211. The second kappa shape index (κ2) is 14.1. The SMILES string of the molecule is CC1(C)c2cc(-c3ccccc3)ccc2-c2cc3c(cc21)oc1ccc(C2=CCC(c4ccc(-c5ccc6oc7c(c6c5)C=C5C6C=CC(c8ccccc8)=CC6C(C)(C)C5C7)s4)S2)cc13. The number of rotatable bonds is 5. The zero-order valence-corrected chi connectivity index (χ0v) is 39.2. The van der Waals surface area contributed by atoms with Gasteiger partial charge in [0.15, 0.2) is 0 Å². The Hall–Kier alpha value is -6.33. The Kier molecular flexibility index (Phi) is 8.30. The summed E-state index contributed by atoms with van der Waals surface area (Å²) in [5, 5.41) is 4.00. The number of thioether (sulfide) groups is 1. The minimum atomic E-state index is -0.126. The molecule has 0 radical (unpaired) electrons. The molecular formula is C62H48O2S2. The summed E-state index contributed by atoms with van der Waals surface area (Å²) in [5.74, 6) is 2.48. The maximum atomic E-state index is 6.68. The van der Waals surface area contributed by atoms with Gasteiger partial charge < -0.3 is 8.83 Å². The maximum absolute atomic E-state index is 6.68. The van der Waals surface area contributed by atoms with Crippen LogP contribution in [0.1, 0.15) is 77.8 Å². The zero-order chi connectivity index (χ0) is 44.1. The lowest BCUT2D eigenvalue weighted by atomic mass is 9.70. The predicted octanol–water partition coefficient (Wildman–Crippen LogP) is 17.7. The molecule has 4 heterocycles. The van der Waals surface area contributed by atoms with Crippen LogP contribution in [0.15, 0.2) is 178 Å². The summed E-state index contributed by atoms with van der Waals surface area (Å²) in [5.41, 5.74) is 18.8. The number of thiophene rings is 1. The smallest absolute Gasteiger partial charge is 0.135 e. The summed E-state index contributed by atoms with van der Waals surface area (Å²) in [6.07, 6.45) is 14.3. The molecule has 4 unspecified atom stereocenters. The summed E-state index contributed by atoms with van der Waals surface area (Å²) in [6, 6.07) is 51.6. The summed E-state index contributed by atoms with van der Waals surface area (Å²) in [7, 11) is 0. The van der Waals surface area contributed by atoms with Gasteiger partial charge in [0.05, 0.1) is 0 Å². The first-order valence-corrected chi connectivity index (χ1v) is 25.3. The Morgan fingerprint density at radius 2 is 1.33 bits per heavy atom. The van der Waals surface area contributed by atoms with Crippen molar-refractivity contribution >= 4 is 72.6 Å². The first-order chi connectivity index (χ1) is 32.2. The van der Waals surface area contributed by atoms with Crippen LogP contribution in [0.2, 0.25) is 0 Å². The van der Waals surface area contributed by atoms with Crippen LogP contribution < -0.4 is 0 Å². The zero-order valence-electron chi connectivity index (χ0n) is 37.5. The third-order valence-electron chi connectivity index (χ3n) is 16.1. The molecule has 4 heteroatoms. The molecule has 0 N–H and O–H groups in total. The number of allylic oxidation sites excluding steroid dienone is 6. The van der Waals surface area contributed by atoms with Crippen LogP contribution in [0.5, 0.6) is 0 Å². The summed E-state index contributed by atoms with van der Waals surface area (Å²) in [6.45, 7) is 9.65. The highest BCUT2D eigenvalue weighted by Crippen LogP contribution is 2.61. The van der Waals surface area contributed by atoms with E-state index in [-0.39, 0.29) is 10.8 Å². The normalized spacial score (nSPS) is 21.9. The summed E-state index contributed by atoms with van der Waals surface area (Å²) >= 11 is 3.94. The second-order valence-electron chi connectivity index (χ2n) is 20.3. The first kappa shape index (κ1) is 38.9.